The summed E-state index contributed by atoms with van der Waals surface area (Å²) in [5.41, 5.74) is 1.72. The van der Waals surface area contributed by atoms with E-state index < -0.39 is 0 Å². The first kappa shape index (κ1) is 16.3. The largest absolute Gasteiger partial charge is 0.381 e. The van der Waals surface area contributed by atoms with Gasteiger partial charge < -0.3 is 14.6 Å². The van der Waals surface area contributed by atoms with Crippen molar-refractivity contribution in [1.29, 1.82) is 0 Å². The SMILES string of the molecule is CC(C)COCCCNC(=O)c1ccc(-n2cccc2)cc1. The number of hydrogen-bond donors (Lipinski definition) is 1. The maximum Gasteiger partial charge on any atom is 0.251 e. The maximum absolute atomic E-state index is 12.0. The Hall–Kier alpha value is -2.07. The van der Waals surface area contributed by atoms with Gasteiger partial charge in [-0.25, -0.2) is 0 Å². The van der Waals surface area contributed by atoms with Crippen LogP contribution in [0.2, 0.25) is 0 Å². The van der Waals surface area contributed by atoms with E-state index in [-0.39, 0.29) is 5.91 Å². The molecule has 1 aromatic carbocycles. The average molecular weight is 300 g/mol. The van der Waals surface area contributed by atoms with Gasteiger partial charge in [-0.15, -0.1) is 0 Å². The Labute approximate surface area is 132 Å². The molecule has 0 radical (unpaired) electrons. The minimum Gasteiger partial charge on any atom is -0.381 e. The van der Waals surface area contributed by atoms with E-state index in [0.717, 1.165) is 18.7 Å². The number of carbonyl (C=O) groups excluding carboxylic acids is 1. The molecule has 0 fully saturated rings. The van der Waals surface area contributed by atoms with Gasteiger partial charge >= 0.3 is 0 Å². The third-order valence-electron chi connectivity index (χ3n) is 3.23. The second kappa shape index (κ2) is 8.39. The molecule has 0 unspecified atom stereocenters. The second-order valence-electron chi connectivity index (χ2n) is 5.72. The first-order valence-electron chi connectivity index (χ1n) is 7.76. The number of aromatic nitrogens is 1. The van der Waals surface area contributed by atoms with Crippen molar-refractivity contribution in [2.45, 2.75) is 20.3 Å². The number of benzene rings is 1. The zero-order chi connectivity index (χ0) is 15.8. The zero-order valence-corrected chi connectivity index (χ0v) is 13.3. The smallest absolute Gasteiger partial charge is 0.251 e. The lowest BCUT2D eigenvalue weighted by atomic mass is 10.2. The molecule has 22 heavy (non-hydrogen) atoms. The Kier molecular flexibility index (Phi) is 6.22. The van der Waals surface area contributed by atoms with Crippen LogP contribution in [0.4, 0.5) is 0 Å². The van der Waals surface area contributed by atoms with Gasteiger partial charge in [-0.2, -0.15) is 0 Å². The van der Waals surface area contributed by atoms with Gasteiger partial charge in [0.05, 0.1) is 0 Å². The predicted molar refractivity (Wildman–Crippen MR) is 88.4 cm³/mol. The molecule has 1 aromatic heterocycles. The van der Waals surface area contributed by atoms with Crippen LogP contribution < -0.4 is 5.32 Å². The molecule has 4 nitrogen and oxygen atoms in total. The number of amides is 1. The van der Waals surface area contributed by atoms with E-state index in [1.807, 2.05) is 53.4 Å². The highest BCUT2D eigenvalue weighted by Gasteiger charge is 2.05. The fraction of sp³-hybridized carbons (Fsp3) is 0.389. The quantitative estimate of drug-likeness (QED) is 0.760. The molecule has 0 aliphatic carbocycles. The Bertz CT molecular complexity index is 559. The summed E-state index contributed by atoms with van der Waals surface area (Å²) in [5, 5.41) is 2.92. The van der Waals surface area contributed by atoms with Crippen molar-refractivity contribution in [3.05, 3.63) is 54.4 Å². The first-order chi connectivity index (χ1) is 10.7. The molecule has 0 aliphatic heterocycles. The van der Waals surface area contributed by atoms with Gasteiger partial charge in [0.15, 0.2) is 0 Å². The number of nitrogens with zero attached hydrogens (tertiary/aromatic N) is 1. The van der Waals surface area contributed by atoms with E-state index in [1.165, 1.54) is 0 Å². The number of hydrogen-bond acceptors (Lipinski definition) is 2. The lowest BCUT2D eigenvalue weighted by Crippen LogP contribution is -2.25. The zero-order valence-electron chi connectivity index (χ0n) is 13.3. The number of rotatable bonds is 8. The number of ether oxygens (including phenoxy) is 1. The molecule has 0 bridgehead atoms. The highest BCUT2D eigenvalue weighted by molar-refractivity contribution is 5.94. The molecule has 0 spiro atoms. The molecular formula is C18H24N2O2. The summed E-state index contributed by atoms with van der Waals surface area (Å²) in [4.78, 5) is 12.0. The van der Waals surface area contributed by atoms with Crippen molar-refractivity contribution >= 4 is 5.91 Å². The first-order valence-corrected chi connectivity index (χ1v) is 7.76. The minimum absolute atomic E-state index is 0.0390. The fourth-order valence-corrected chi connectivity index (χ4v) is 2.09. The molecule has 1 heterocycles. The van der Waals surface area contributed by atoms with E-state index in [4.69, 9.17) is 4.74 Å². The van der Waals surface area contributed by atoms with Gasteiger partial charge in [0, 0.05) is 43.4 Å². The van der Waals surface area contributed by atoms with Crippen molar-refractivity contribution in [2.75, 3.05) is 19.8 Å². The third-order valence-corrected chi connectivity index (χ3v) is 3.23. The Morgan fingerprint density at radius 3 is 2.50 bits per heavy atom. The van der Waals surface area contributed by atoms with Gasteiger partial charge in [0.2, 0.25) is 0 Å². The Morgan fingerprint density at radius 2 is 1.86 bits per heavy atom. The summed E-state index contributed by atoms with van der Waals surface area (Å²) >= 11 is 0. The topological polar surface area (TPSA) is 43.3 Å². The van der Waals surface area contributed by atoms with Crippen molar-refractivity contribution in [3.8, 4) is 5.69 Å². The van der Waals surface area contributed by atoms with Crippen LogP contribution in [-0.2, 0) is 4.74 Å². The summed E-state index contributed by atoms with van der Waals surface area (Å²) in [6.07, 6.45) is 4.79. The Morgan fingerprint density at radius 1 is 1.18 bits per heavy atom. The van der Waals surface area contributed by atoms with Crippen LogP contribution in [0.25, 0.3) is 5.69 Å². The van der Waals surface area contributed by atoms with Gasteiger partial charge in [-0.1, -0.05) is 13.8 Å². The molecule has 1 N–H and O–H groups in total. The van der Waals surface area contributed by atoms with Gasteiger partial charge in [-0.3, -0.25) is 4.79 Å². The van der Waals surface area contributed by atoms with Crippen molar-refractivity contribution in [3.63, 3.8) is 0 Å². The fourth-order valence-electron chi connectivity index (χ4n) is 2.09. The molecule has 1 amide bonds. The van der Waals surface area contributed by atoms with Crippen LogP contribution in [0.5, 0.6) is 0 Å². The summed E-state index contributed by atoms with van der Waals surface area (Å²) in [5.74, 6) is 0.510. The summed E-state index contributed by atoms with van der Waals surface area (Å²) in [6.45, 7) is 6.34. The highest BCUT2D eigenvalue weighted by atomic mass is 16.5. The number of nitrogens with one attached hydrogen (secondary N) is 1. The van der Waals surface area contributed by atoms with E-state index in [0.29, 0.717) is 24.6 Å². The highest BCUT2D eigenvalue weighted by Crippen LogP contribution is 2.10. The molecular weight excluding hydrogens is 276 g/mol. The number of carbonyl (C=O) groups is 1. The van der Waals surface area contributed by atoms with Gasteiger partial charge in [-0.05, 0) is 48.7 Å². The molecule has 2 rings (SSSR count). The van der Waals surface area contributed by atoms with Crippen LogP contribution in [0.15, 0.2) is 48.8 Å². The summed E-state index contributed by atoms with van der Waals surface area (Å²) in [6, 6.07) is 11.5. The Balaban J connectivity index is 1.73. The van der Waals surface area contributed by atoms with E-state index >= 15 is 0 Å². The molecule has 0 saturated carbocycles. The van der Waals surface area contributed by atoms with Crippen molar-refractivity contribution in [1.82, 2.24) is 9.88 Å². The van der Waals surface area contributed by atoms with Gasteiger partial charge in [0.1, 0.15) is 0 Å². The lowest BCUT2D eigenvalue weighted by molar-refractivity contribution is 0.0925. The monoisotopic (exact) mass is 300 g/mol. The van der Waals surface area contributed by atoms with Crippen LogP contribution in [0.3, 0.4) is 0 Å². The van der Waals surface area contributed by atoms with Crippen LogP contribution in [-0.4, -0.2) is 30.2 Å². The van der Waals surface area contributed by atoms with Gasteiger partial charge in [0.25, 0.3) is 5.91 Å². The van der Waals surface area contributed by atoms with Crippen molar-refractivity contribution in [2.24, 2.45) is 5.92 Å². The molecule has 0 saturated heterocycles. The van der Waals surface area contributed by atoms with E-state index in [1.54, 1.807) is 0 Å². The molecule has 0 aliphatic rings. The van der Waals surface area contributed by atoms with Crippen LogP contribution in [0.1, 0.15) is 30.6 Å². The summed E-state index contributed by atoms with van der Waals surface area (Å²) in [7, 11) is 0. The molecule has 2 aromatic rings. The lowest BCUT2D eigenvalue weighted by Gasteiger charge is -2.08. The standard InChI is InChI=1S/C18H24N2O2/c1-15(2)14-22-13-5-10-19-18(21)16-6-8-17(9-7-16)20-11-3-4-12-20/h3-4,6-9,11-12,15H,5,10,13-14H2,1-2H3,(H,19,21). The van der Waals surface area contributed by atoms with E-state index in [2.05, 4.69) is 19.2 Å². The summed E-state index contributed by atoms with van der Waals surface area (Å²) < 4.78 is 7.49. The molecule has 0 atom stereocenters. The average Bonchev–Trinajstić information content (AvgIpc) is 3.05. The normalized spacial score (nSPS) is 10.9. The van der Waals surface area contributed by atoms with Crippen LogP contribution >= 0.6 is 0 Å². The predicted octanol–water partition coefficient (Wildman–Crippen LogP) is 3.27. The van der Waals surface area contributed by atoms with Crippen molar-refractivity contribution < 1.29 is 9.53 Å². The second-order valence-corrected chi connectivity index (χ2v) is 5.72. The van der Waals surface area contributed by atoms with Crippen LogP contribution in [0, 0.1) is 5.92 Å². The van der Waals surface area contributed by atoms with E-state index in [9.17, 15) is 4.79 Å². The maximum atomic E-state index is 12.0. The minimum atomic E-state index is -0.0390. The molecule has 4 heteroatoms. The molecule has 118 valence electrons. The third kappa shape index (κ3) is 5.04.